The van der Waals surface area contributed by atoms with E-state index in [1.807, 2.05) is 13.8 Å². The summed E-state index contributed by atoms with van der Waals surface area (Å²) in [6.45, 7) is 11.0. The van der Waals surface area contributed by atoms with Crippen LogP contribution < -0.4 is 0 Å². The van der Waals surface area contributed by atoms with E-state index in [4.69, 9.17) is 0 Å². The van der Waals surface area contributed by atoms with Gasteiger partial charge in [-0.3, -0.25) is 0 Å². The molecule has 0 aliphatic carbocycles. The van der Waals surface area contributed by atoms with Crippen molar-refractivity contribution in [3.05, 3.63) is 24.8 Å². The average molecular weight is 164 g/mol. The Hall–Kier alpha value is -1.00. The lowest BCUT2D eigenvalue weighted by Crippen LogP contribution is -2.14. The summed E-state index contributed by atoms with van der Waals surface area (Å²) < 4.78 is 0. The molecule has 1 nitrogen and oxygen atoms in total. The first-order valence-electron chi connectivity index (χ1n) is 4.04. The molecule has 0 radical (unpaired) electrons. The van der Waals surface area contributed by atoms with Crippen molar-refractivity contribution in [3.63, 3.8) is 0 Å². The molecule has 0 amide bonds. The topological polar surface area (TPSA) is 20.2 Å². The zero-order valence-electron chi connectivity index (χ0n) is 7.80. The molecule has 1 unspecified atom stereocenters. The van der Waals surface area contributed by atoms with Crippen molar-refractivity contribution in [2.24, 2.45) is 5.92 Å². The van der Waals surface area contributed by atoms with E-state index in [-0.39, 0.29) is 5.92 Å². The maximum Gasteiger partial charge on any atom is 0.117 e. The van der Waals surface area contributed by atoms with Crippen molar-refractivity contribution >= 4 is 0 Å². The van der Waals surface area contributed by atoms with E-state index in [0.29, 0.717) is 0 Å². The van der Waals surface area contributed by atoms with Crippen molar-refractivity contribution in [3.8, 4) is 11.8 Å². The number of aliphatic hydroxyl groups is 1. The van der Waals surface area contributed by atoms with Crippen molar-refractivity contribution in [2.75, 3.05) is 0 Å². The molecule has 1 N–H and O–H groups in total. The highest BCUT2D eigenvalue weighted by molar-refractivity contribution is 5.25. The molecule has 2 atom stereocenters. The molecule has 0 rings (SSSR count). The number of aliphatic hydroxyl groups excluding tert-OH is 1. The Morgan fingerprint density at radius 3 is 2.67 bits per heavy atom. The van der Waals surface area contributed by atoms with Crippen LogP contribution in [0.4, 0.5) is 0 Å². The van der Waals surface area contributed by atoms with Crippen LogP contribution in [0.3, 0.4) is 0 Å². The molecule has 1 heteroatoms. The summed E-state index contributed by atoms with van der Waals surface area (Å²) in [4.78, 5) is 0. The van der Waals surface area contributed by atoms with Gasteiger partial charge < -0.3 is 5.11 Å². The average Bonchev–Trinajstić information content (AvgIpc) is 2.00. The van der Waals surface area contributed by atoms with Gasteiger partial charge in [-0.05, 0) is 24.8 Å². The van der Waals surface area contributed by atoms with Gasteiger partial charge in [-0.1, -0.05) is 31.4 Å². The van der Waals surface area contributed by atoms with Gasteiger partial charge in [-0.2, -0.15) is 0 Å². The van der Waals surface area contributed by atoms with Gasteiger partial charge in [0.05, 0.1) is 0 Å². The Labute approximate surface area is 74.8 Å². The minimum Gasteiger partial charge on any atom is -0.380 e. The molecule has 0 aliphatic rings. The number of hydrogen-bond donors (Lipinski definition) is 1. The fourth-order valence-corrected chi connectivity index (χ4v) is 0.731. The summed E-state index contributed by atoms with van der Waals surface area (Å²) in [7, 11) is 0. The standard InChI is InChI=1S/C11H16O/c1-5-6-10(4)11(12)8-7-9(2)3/h5,10-12H,1-2,6H2,3-4H3/t10?,11-/m0/s1. The molecule has 0 aliphatic heterocycles. The van der Waals surface area contributed by atoms with E-state index >= 15 is 0 Å². The molecule has 0 saturated carbocycles. The van der Waals surface area contributed by atoms with Gasteiger partial charge in [-0.15, -0.1) is 6.58 Å². The van der Waals surface area contributed by atoms with Crippen LogP contribution in [0, 0.1) is 17.8 Å². The molecule has 0 spiro atoms. The van der Waals surface area contributed by atoms with Crippen LogP contribution in [0.2, 0.25) is 0 Å². The fourth-order valence-electron chi connectivity index (χ4n) is 0.731. The maximum atomic E-state index is 9.44. The van der Waals surface area contributed by atoms with Crippen molar-refractivity contribution in [1.29, 1.82) is 0 Å². The van der Waals surface area contributed by atoms with Crippen LogP contribution in [-0.2, 0) is 0 Å². The zero-order chi connectivity index (χ0) is 9.56. The largest absolute Gasteiger partial charge is 0.380 e. The summed E-state index contributed by atoms with van der Waals surface area (Å²) >= 11 is 0. The van der Waals surface area contributed by atoms with Crippen LogP contribution in [-0.4, -0.2) is 11.2 Å². The lowest BCUT2D eigenvalue weighted by atomic mass is 10.0. The predicted octanol–water partition coefficient (Wildman–Crippen LogP) is 2.14. The molecule has 0 bridgehead atoms. The molecule has 0 heterocycles. The lowest BCUT2D eigenvalue weighted by molar-refractivity contribution is 0.173. The Morgan fingerprint density at radius 2 is 2.25 bits per heavy atom. The van der Waals surface area contributed by atoms with Gasteiger partial charge >= 0.3 is 0 Å². The smallest absolute Gasteiger partial charge is 0.117 e. The quantitative estimate of drug-likeness (QED) is 0.500. The molecule has 0 fully saturated rings. The second-order valence-corrected chi connectivity index (χ2v) is 3.00. The molecule has 0 aromatic carbocycles. The molecule has 66 valence electrons. The molecule has 12 heavy (non-hydrogen) atoms. The first-order chi connectivity index (χ1) is 5.57. The van der Waals surface area contributed by atoms with Gasteiger partial charge in [0, 0.05) is 0 Å². The summed E-state index contributed by atoms with van der Waals surface area (Å²) in [5.41, 5.74) is 0.778. The van der Waals surface area contributed by atoms with Crippen LogP contribution in [0.5, 0.6) is 0 Å². The van der Waals surface area contributed by atoms with Gasteiger partial charge in [-0.25, -0.2) is 0 Å². The minimum absolute atomic E-state index is 0.148. The Bertz CT molecular complexity index is 217. The van der Waals surface area contributed by atoms with Crippen LogP contribution in [0.25, 0.3) is 0 Å². The Morgan fingerprint density at radius 1 is 1.67 bits per heavy atom. The first kappa shape index (κ1) is 11.0. The van der Waals surface area contributed by atoms with Crippen molar-refractivity contribution in [2.45, 2.75) is 26.4 Å². The van der Waals surface area contributed by atoms with Crippen LogP contribution >= 0.6 is 0 Å². The fraction of sp³-hybridized carbons (Fsp3) is 0.455. The Kier molecular flexibility index (Phi) is 5.16. The minimum atomic E-state index is -0.570. The summed E-state index contributed by atoms with van der Waals surface area (Å²) in [5, 5.41) is 9.44. The highest BCUT2D eigenvalue weighted by Gasteiger charge is 2.08. The van der Waals surface area contributed by atoms with E-state index in [9.17, 15) is 5.11 Å². The van der Waals surface area contributed by atoms with E-state index in [0.717, 1.165) is 12.0 Å². The van der Waals surface area contributed by atoms with E-state index in [1.54, 1.807) is 6.08 Å². The lowest BCUT2D eigenvalue weighted by Gasteiger charge is -2.10. The monoisotopic (exact) mass is 164 g/mol. The molecule has 0 aromatic rings. The van der Waals surface area contributed by atoms with E-state index in [1.165, 1.54) is 0 Å². The molecular formula is C11H16O. The summed E-state index contributed by atoms with van der Waals surface area (Å²) in [6.07, 6.45) is 2.00. The van der Waals surface area contributed by atoms with Crippen LogP contribution in [0.15, 0.2) is 24.8 Å². The second kappa shape index (κ2) is 5.62. The van der Waals surface area contributed by atoms with Crippen molar-refractivity contribution in [1.82, 2.24) is 0 Å². The summed E-state index contributed by atoms with van der Waals surface area (Å²) in [5.74, 6) is 5.63. The molecule has 0 saturated heterocycles. The number of hydrogen-bond acceptors (Lipinski definition) is 1. The van der Waals surface area contributed by atoms with Gasteiger partial charge in [0.25, 0.3) is 0 Å². The maximum absolute atomic E-state index is 9.44. The van der Waals surface area contributed by atoms with E-state index in [2.05, 4.69) is 25.0 Å². The summed E-state index contributed by atoms with van der Waals surface area (Å²) in [6, 6.07) is 0. The predicted molar refractivity (Wildman–Crippen MR) is 52.6 cm³/mol. The van der Waals surface area contributed by atoms with Gasteiger partial charge in [0.15, 0.2) is 0 Å². The third-order valence-electron chi connectivity index (χ3n) is 1.51. The van der Waals surface area contributed by atoms with Crippen LogP contribution in [0.1, 0.15) is 20.3 Å². The van der Waals surface area contributed by atoms with Gasteiger partial charge in [0.1, 0.15) is 6.10 Å². The molecule has 0 aromatic heterocycles. The highest BCUT2D eigenvalue weighted by atomic mass is 16.3. The highest BCUT2D eigenvalue weighted by Crippen LogP contribution is 2.07. The normalized spacial score (nSPS) is 13.9. The zero-order valence-corrected chi connectivity index (χ0v) is 7.80. The second-order valence-electron chi connectivity index (χ2n) is 3.00. The SMILES string of the molecule is C=CCC(C)[C@@H](O)C#CC(=C)C. The number of allylic oxidation sites excluding steroid dienone is 2. The third kappa shape index (κ3) is 4.76. The Balaban J connectivity index is 4.04. The van der Waals surface area contributed by atoms with Crippen molar-refractivity contribution < 1.29 is 5.11 Å². The molecular weight excluding hydrogens is 148 g/mol. The van der Waals surface area contributed by atoms with E-state index < -0.39 is 6.10 Å². The first-order valence-corrected chi connectivity index (χ1v) is 4.04. The van der Waals surface area contributed by atoms with Gasteiger partial charge in [0.2, 0.25) is 0 Å². The number of rotatable bonds is 3. The third-order valence-corrected chi connectivity index (χ3v) is 1.51.